The van der Waals surface area contributed by atoms with E-state index in [9.17, 15) is 0 Å². The van der Waals surface area contributed by atoms with Crippen LogP contribution < -0.4 is 5.32 Å². The first-order chi connectivity index (χ1) is 12.9. The number of ether oxygens (including phenoxy) is 1. The molecule has 1 N–H and O–H groups in total. The van der Waals surface area contributed by atoms with E-state index < -0.39 is 0 Å². The maximum atomic E-state index is 5.61. The fraction of sp³-hybridized carbons (Fsp3) is 0.286. The molecule has 5 heteroatoms. The van der Waals surface area contributed by atoms with Gasteiger partial charge in [-0.15, -0.1) is 0 Å². The Bertz CT molecular complexity index is 833. The smallest absolute Gasteiger partial charge is 0.223 e. The minimum Gasteiger partial charge on any atom is -0.381 e. The fourth-order valence-corrected chi connectivity index (χ4v) is 3.47. The third-order valence-corrected chi connectivity index (χ3v) is 5.00. The van der Waals surface area contributed by atoms with Gasteiger partial charge >= 0.3 is 0 Å². The predicted molar refractivity (Wildman–Crippen MR) is 102 cm³/mol. The zero-order valence-corrected chi connectivity index (χ0v) is 14.6. The lowest BCUT2D eigenvalue weighted by Gasteiger charge is -2.38. The van der Waals surface area contributed by atoms with Crippen molar-refractivity contribution in [3.8, 4) is 11.4 Å². The van der Waals surface area contributed by atoms with Crippen LogP contribution in [-0.4, -0.2) is 34.7 Å². The molecule has 0 amide bonds. The Morgan fingerprint density at radius 3 is 2.42 bits per heavy atom. The van der Waals surface area contributed by atoms with E-state index in [0.717, 1.165) is 44.0 Å². The molecule has 0 bridgehead atoms. The van der Waals surface area contributed by atoms with Gasteiger partial charge < -0.3 is 10.1 Å². The summed E-state index contributed by atoms with van der Waals surface area (Å²) in [6.07, 6.45) is 5.53. The molecule has 2 aromatic heterocycles. The summed E-state index contributed by atoms with van der Waals surface area (Å²) in [5.41, 5.74) is 3.06. The van der Waals surface area contributed by atoms with Crippen molar-refractivity contribution in [2.24, 2.45) is 0 Å². The SMILES string of the molecule is c1ccc(C2(CNc3nccc(-c4ccccn4)n3)CCOCC2)cc1. The number of pyridine rings is 1. The zero-order chi connectivity index (χ0) is 17.7. The number of hydrogen-bond acceptors (Lipinski definition) is 5. The summed E-state index contributed by atoms with van der Waals surface area (Å²) in [5, 5.41) is 3.46. The third-order valence-electron chi connectivity index (χ3n) is 5.00. The number of rotatable bonds is 5. The van der Waals surface area contributed by atoms with Gasteiger partial charge in [-0.3, -0.25) is 4.98 Å². The molecule has 0 saturated carbocycles. The second-order valence-corrected chi connectivity index (χ2v) is 6.59. The lowest BCUT2D eigenvalue weighted by atomic mass is 9.74. The summed E-state index contributed by atoms with van der Waals surface area (Å²) >= 11 is 0. The van der Waals surface area contributed by atoms with E-state index in [1.54, 1.807) is 12.4 Å². The molecule has 5 nitrogen and oxygen atoms in total. The maximum Gasteiger partial charge on any atom is 0.223 e. The molecule has 4 rings (SSSR count). The fourth-order valence-electron chi connectivity index (χ4n) is 3.47. The number of benzene rings is 1. The molecular formula is C21H22N4O. The highest BCUT2D eigenvalue weighted by atomic mass is 16.5. The molecule has 0 aliphatic carbocycles. The van der Waals surface area contributed by atoms with Gasteiger partial charge in [0.1, 0.15) is 0 Å². The van der Waals surface area contributed by atoms with Crippen molar-refractivity contribution in [1.82, 2.24) is 15.0 Å². The minimum absolute atomic E-state index is 0.0455. The summed E-state index contributed by atoms with van der Waals surface area (Å²) in [6.45, 7) is 2.35. The van der Waals surface area contributed by atoms with E-state index in [1.807, 2.05) is 24.3 Å². The summed E-state index contributed by atoms with van der Waals surface area (Å²) < 4.78 is 5.61. The summed E-state index contributed by atoms with van der Waals surface area (Å²) in [6, 6.07) is 18.4. The summed E-state index contributed by atoms with van der Waals surface area (Å²) in [5.74, 6) is 0.634. The second kappa shape index (κ2) is 7.62. The number of anilines is 1. The van der Waals surface area contributed by atoms with Crippen LogP contribution in [0.4, 0.5) is 5.95 Å². The lowest BCUT2D eigenvalue weighted by molar-refractivity contribution is 0.0543. The van der Waals surface area contributed by atoms with Gasteiger partial charge in [0.25, 0.3) is 0 Å². The predicted octanol–water partition coefficient (Wildman–Crippen LogP) is 3.70. The van der Waals surface area contributed by atoms with Crippen molar-refractivity contribution in [1.29, 1.82) is 0 Å². The van der Waals surface area contributed by atoms with Crippen molar-refractivity contribution in [3.05, 3.63) is 72.6 Å². The average Bonchev–Trinajstić information content (AvgIpc) is 2.74. The van der Waals surface area contributed by atoms with E-state index >= 15 is 0 Å². The molecule has 0 spiro atoms. The Morgan fingerprint density at radius 1 is 0.846 bits per heavy atom. The highest BCUT2D eigenvalue weighted by Crippen LogP contribution is 2.34. The molecule has 1 aliphatic rings. The maximum absolute atomic E-state index is 5.61. The Labute approximate surface area is 153 Å². The van der Waals surface area contributed by atoms with Gasteiger partial charge in [0.05, 0.1) is 11.4 Å². The quantitative estimate of drug-likeness (QED) is 0.763. The van der Waals surface area contributed by atoms with Crippen LogP contribution in [0.15, 0.2) is 67.0 Å². The molecule has 1 aromatic carbocycles. The average molecular weight is 346 g/mol. The highest BCUT2D eigenvalue weighted by Gasteiger charge is 2.34. The molecule has 3 heterocycles. The van der Waals surface area contributed by atoms with Crippen LogP contribution in [0.1, 0.15) is 18.4 Å². The van der Waals surface area contributed by atoms with Crippen molar-refractivity contribution >= 4 is 5.95 Å². The van der Waals surface area contributed by atoms with Gasteiger partial charge in [0.2, 0.25) is 5.95 Å². The normalized spacial score (nSPS) is 16.2. The van der Waals surface area contributed by atoms with Crippen LogP contribution >= 0.6 is 0 Å². The Kier molecular flexibility index (Phi) is 4.88. The van der Waals surface area contributed by atoms with E-state index in [1.165, 1.54) is 5.56 Å². The van der Waals surface area contributed by atoms with Gasteiger partial charge in [-0.1, -0.05) is 36.4 Å². The van der Waals surface area contributed by atoms with E-state index in [4.69, 9.17) is 4.74 Å². The van der Waals surface area contributed by atoms with Gasteiger partial charge in [-0.2, -0.15) is 0 Å². The Hall–Kier alpha value is -2.79. The number of hydrogen-bond donors (Lipinski definition) is 1. The molecule has 26 heavy (non-hydrogen) atoms. The molecule has 1 saturated heterocycles. The van der Waals surface area contributed by atoms with Gasteiger partial charge in [-0.25, -0.2) is 9.97 Å². The number of nitrogens with zero attached hydrogens (tertiary/aromatic N) is 3. The van der Waals surface area contributed by atoms with Crippen molar-refractivity contribution < 1.29 is 4.74 Å². The van der Waals surface area contributed by atoms with Crippen LogP contribution in [0.2, 0.25) is 0 Å². The monoisotopic (exact) mass is 346 g/mol. The van der Waals surface area contributed by atoms with E-state index in [0.29, 0.717) is 5.95 Å². The lowest BCUT2D eigenvalue weighted by Crippen LogP contribution is -2.40. The minimum atomic E-state index is 0.0455. The van der Waals surface area contributed by atoms with Crippen LogP contribution in [-0.2, 0) is 10.2 Å². The summed E-state index contributed by atoms with van der Waals surface area (Å²) in [7, 11) is 0. The highest BCUT2D eigenvalue weighted by molar-refractivity contribution is 5.54. The molecule has 0 unspecified atom stereocenters. The topological polar surface area (TPSA) is 59.9 Å². The van der Waals surface area contributed by atoms with Gasteiger partial charge in [-0.05, 0) is 36.6 Å². The van der Waals surface area contributed by atoms with E-state index in [-0.39, 0.29) is 5.41 Å². The Balaban J connectivity index is 1.55. The third kappa shape index (κ3) is 3.58. The number of nitrogens with one attached hydrogen (secondary N) is 1. The molecular weight excluding hydrogens is 324 g/mol. The second-order valence-electron chi connectivity index (χ2n) is 6.59. The molecule has 1 aliphatic heterocycles. The molecule has 1 fully saturated rings. The molecule has 3 aromatic rings. The largest absolute Gasteiger partial charge is 0.381 e. The summed E-state index contributed by atoms with van der Waals surface area (Å²) in [4.78, 5) is 13.4. The van der Waals surface area contributed by atoms with Crippen molar-refractivity contribution in [2.75, 3.05) is 25.1 Å². The molecule has 132 valence electrons. The van der Waals surface area contributed by atoms with Gasteiger partial charge in [0, 0.05) is 37.6 Å². The molecule has 0 atom stereocenters. The van der Waals surface area contributed by atoms with Crippen molar-refractivity contribution in [3.63, 3.8) is 0 Å². The zero-order valence-electron chi connectivity index (χ0n) is 14.6. The standard InChI is InChI=1S/C21H22N4O/c1-2-6-17(7-3-1)21(10-14-26-15-11-21)16-24-20-23-13-9-19(25-20)18-8-4-5-12-22-18/h1-9,12-13H,10-11,14-16H2,(H,23,24,25). The van der Waals surface area contributed by atoms with E-state index in [2.05, 4.69) is 50.6 Å². The van der Waals surface area contributed by atoms with Crippen LogP contribution in [0.3, 0.4) is 0 Å². The first-order valence-corrected chi connectivity index (χ1v) is 8.97. The first kappa shape index (κ1) is 16.7. The van der Waals surface area contributed by atoms with Crippen LogP contribution in [0.5, 0.6) is 0 Å². The first-order valence-electron chi connectivity index (χ1n) is 8.97. The molecule has 0 radical (unpaired) electrons. The van der Waals surface area contributed by atoms with Crippen molar-refractivity contribution in [2.45, 2.75) is 18.3 Å². The van der Waals surface area contributed by atoms with Gasteiger partial charge in [0.15, 0.2) is 0 Å². The van der Waals surface area contributed by atoms with Crippen LogP contribution in [0, 0.1) is 0 Å². The van der Waals surface area contributed by atoms with Crippen LogP contribution in [0.25, 0.3) is 11.4 Å². The number of aromatic nitrogens is 3. The Morgan fingerprint density at radius 2 is 1.65 bits per heavy atom.